The summed E-state index contributed by atoms with van der Waals surface area (Å²) in [6.07, 6.45) is 3.22. The summed E-state index contributed by atoms with van der Waals surface area (Å²) < 4.78 is 1.05. The van der Waals surface area contributed by atoms with Crippen molar-refractivity contribution in [3.8, 4) is 0 Å². The van der Waals surface area contributed by atoms with Gasteiger partial charge in [0, 0.05) is 10.2 Å². The van der Waals surface area contributed by atoms with Crippen LogP contribution in [0.5, 0.6) is 0 Å². The molecule has 0 saturated carbocycles. The van der Waals surface area contributed by atoms with Crippen LogP contribution in [0.1, 0.15) is 6.92 Å². The molecule has 1 amide bonds. The number of amides is 1. The molecule has 2 aromatic rings. The number of anilines is 1. The lowest BCUT2D eigenvalue weighted by Gasteiger charge is -2.04. The van der Waals surface area contributed by atoms with Crippen LogP contribution >= 0.6 is 15.9 Å². The van der Waals surface area contributed by atoms with E-state index in [-0.39, 0.29) is 5.91 Å². The van der Waals surface area contributed by atoms with Crippen LogP contribution in [0.15, 0.2) is 53.0 Å². The second kappa shape index (κ2) is 5.15. The molecule has 0 aliphatic rings. The fourth-order valence-corrected chi connectivity index (χ4v) is 2.01. The van der Waals surface area contributed by atoms with Gasteiger partial charge in [0.05, 0.1) is 0 Å². The molecule has 0 heterocycles. The van der Waals surface area contributed by atoms with Crippen molar-refractivity contribution in [1.82, 2.24) is 0 Å². The third kappa shape index (κ3) is 2.94. The Morgan fingerprint density at radius 2 is 1.88 bits per heavy atom. The zero-order chi connectivity index (χ0) is 12.3. The number of carbonyl (C=O) groups is 1. The van der Waals surface area contributed by atoms with Crippen molar-refractivity contribution in [2.75, 3.05) is 5.32 Å². The van der Waals surface area contributed by atoms with Gasteiger partial charge >= 0.3 is 0 Å². The predicted molar refractivity (Wildman–Crippen MR) is 75.1 cm³/mol. The van der Waals surface area contributed by atoms with E-state index in [1.165, 1.54) is 6.08 Å². The SMILES string of the molecule is C/C=C/C(=O)Nc1ccc2cc(Br)ccc2c1. The lowest BCUT2D eigenvalue weighted by molar-refractivity contribution is -0.111. The van der Waals surface area contributed by atoms with Crippen molar-refractivity contribution in [2.24, 2.45) is 0 Å². The summed E-state index contributed by atoms with van der Waals surface area (Å²) in [5.41, 5.74) is 0.808. The molecule has 0 atom stereocenters. The summed E-state index contributed by atoms with van der Waals surface area (Å²) >= 11 is 3.43. The highest BCUT2D eigenvalue weighted by Gasteiger charge is 1.99. The van der Waals surface area contributed by atoms with E-state index >= 15 is 0 Å². The van der Waals surface area contributed by atoms with E-state index in [2.05, 4.69) is 21.2 Å². The van der Waals surface area contributed by atoms with Crippen molar-refractivity contribution in [3.63, 3.8) is 0 Å². The largest absolute Gasteiger partial charge is 0.323 e. The molecule has 17 heavy (non-hydrogen) atoms. The first kappa shape index (κ1) is 11.9. The average molecular weight is 290 g/mol. The van der Waals surface area contributed by atoms with Gasteiger partial charge in [-0.05, 0) is 48.0 Å². The number of hydrogen-bond donors (Lipinski definition) is 1. The van der Waals surface area contributed by atoms with E-state index < -0.39 is 0 Å². The number of fused-ring (bicyclic) bond motifs is 1. The van der Waals surface area contributed by atoms with Gasteiger partial charge in [-0.2, -0.15) is 0 Å². The highest BCUT2D eigenvalue weighted by Crippen LogP contribution is 2.22. The molecule has 0 unspecified atom stereocenters. The summed E-state index contributed by atoms with van der Waals surface area (Å²) in [6, 6.07) is 11.9. The average Bonchev–Trinajstić information content (AvgIpc) is 2.29. The minimum Gasteiger partial charge on any atom is -0.323 e. The minimum absolute atomic E-state index is 0.107. The monoisotopic (exact) mass is 289 g/mol. The number of halogens is 1. The number of rotatable bonds is 2. The molecule has 0 radical (unpaired) electrons. The summed E-state index contributed by atoms with van der Waals surface area (Å²) in [4.78, 5) is 11.4. The van der Waals surface area contributed by atoms with E-state index in [0.29, 0.717) is 0 Å². The van der Waals surface area contributed by atoms with E-state index in [4.69, 9.17) is 0 Å². The molecular formula is C14H12BrNO. The number of allylic oxidation sites excluding steroid dienone is 1. The van der Waals surface area contributed by atoms with E-state index in [9.17, 15) is 4.79 Å². The minimum atomic E-state index is -0.107. The molecule has 0 aliphatic carbocycles. The van der Waals surface area contributed by atoms with Crippen LogP contribution < -0.4 is 5.32 Å². The number of nitrogens with one attached hydrogen (secondary N) is 1. The molecule has 2 nitrogen and oxygen atoms in total. The predicted octanol–water partition coefficient (Wildman–Crippen LogP) is 4.12. The Balaban J connectivity index is 2.32. The first-order valence-electron chi connectivity index (χ1n) is 5.32. The van der Waals surface area contributed by atoms with Crippen LogP contribution in [0.25, 0.3) is 10.8 Å². The fourth-order valence-electron chi connectivity index (χ4n) is 1.63. The Morgan fingerprint density at radius 1 is 1.18 bits per heavy atom. The molecule has 0 spiro atoms. The Bertz CT molecular complexity index is 590. The molecule has 0 saturated heterocycles. The van der Waals surface area contributed by atoms with Crippen LogP contribution in [0.4, 0.5) is 5.69 Å². The molecule has 0 aliphatic heterocycles. The summed E-state index contributed by atoms with van der Waals surface area (Å²) in [5, 5.41) is 5.06. The first-order chi connectivity index (χ1) is 8.19. The normalized spacial score (nSPS) is 10.9. The molecule has 2 aromatic carbocycles. The van der Waals surface area contributed by atoms with E-state index in [1.807, 2.05) is 43.3 Å². The number of benzene rings is 2. The Hall–Kier alpha value is -1.61. The second-order valence-corrected chi connectivity index (χ2v) is 4.61. The highest BCUT2D eigenvalue weighted by molar-refractivity contribution is 9.10. The zero-order valence-electron chi connectivity index (χ0n) is 9.41. The maximum Gasteiger partial charge on any atom is 0.248 e. The molecule has 86 valence electrons. The van der Waals surface area contributed by atoms with Gasteiger partial charge in [0.15, 0.2) is 0 Å². The van der Waals surface area contributed by atoms with Crippen LogP contribution in [0.2, 0.25) is 0 Å². The van der Waals surface area contributed by atoms with Gasteiger partial charge in [-0.1, -0.05) is 34.1 Å². The molecule has 3 heteroatoms. The van der Waals surface area contributed by atoms with Crippen LogP contribution in [-0.4, -0.2) is 5.91 Å². The van der Waals surface area contributed by atoms with Crippen molar-refractivity contribution >= 4 is 38.3 Å². The maximum atomic E-state index is 11.4. The van der Waals surface area contributed by atoms with Gasteiger partial charge < -0.3 is 5.32 Å². The standard InChI is InChI=1S/C14H12BrNO/c1-2-3-14(17)16-13-7-5-10-8-12(15)6-4-11(10)9-13/h2-9H,1H3,(H,16,17)/b3-2+. The highest BCUT2D eigenvalue weighted by atomic mass is 79.9. The summed E-state index contributed by atoms with van der Waals surface area (Å²) in [7, 11) is 0. The van der Waals surface area contributed by atoms with Gasteiger partial charge in [-0.3, -0.25) is 4.79 Å². The van der Waals surface area contributed by atoms with Crippen molar-refractivity contribution in [2.45, 2.75) is 6.92 Å². The number of hydrogen-bond acceptors (Lipinski definition) is 1. The third-order valence-corrected chi connectivity index (χ3v) is 2.88. The van der Waals surface area contributed by atoms with Crippen molar-refractivity contribution < 1.29 is 4.79 Å². The Kier molecular flexibility index (Phi) is 3.59. The molecule has 0 aromatic heterocycles. The van der Waals surface area contributed by atoms with E-state index in [0.717, 1.165) is 20.9 Å². The van der Waals surface area contributed by atoms with Crippen LogP contribution in [-0.2, 0) is 4.79 Å². The van der Waals surface area contributed by atoms with Gasteiger partial charge in [-0.25, -0.2) is 0 Å². The second-order valence-electron chi connectivity index (χ2n) is 3.70. The zero-order valence-corrected chi connectivity index (χ0v) is 11.0. The van der Waals surface area contributed by atoms with Crippen molar-refractivity contribution in [1.29, 1.82) is 0 Å². The quantitative estimate of drug-likeness (QED) is 0.828. The fraction of sp³-hybridized carbons (Fsp3) is 0.0714. The molecular weight excluding hydrogens is 278 g/mol. The smallest absolute Gasteiger partial charge is 0.248 e. The Morgan fingerprint density at radius 3 is 2.65 bits per heavy atom. The lowest BCUT2D eigenvalue weighted by atomic mass is 10.1. The number of carbonyl (C=O) groups excluding carboxylic acids is 1. The van der Waals surface area contributed by atoms with E-state index in [1.54, 1.807) is 6.08 Å². The molecule has 0 fully saturated rings. The van der Waals surface area contributed by atoms with Crippen LogP contribution in [0.3, 0.4) is 0 Å². The summed E-state index contributed by atoms with van der Waals surface area (Å²) in [6.45, 7) is 1.82. The van der Waals surface area contributed by atoms with Crippen molar-refractivity contribution in [3.05, 3.63) is 53.0 Å². The lowest BCUT2D eigenvalue weighted by Crippen LogP contribution is -2.07. The third-order valence-electron chi connectivity index (χ3n) is 2.39. The van der Waals surface area contributed by atoms with Gasteiger partial charge in [0.1, 0.15) is 0 Å². The molecule has 1 N–H and O–H groups in total. The Labute approximate surface area is 108 Å². The van der Waals surface area contributed by atoms with Crippen LogP contribution in [0, 0.1) is 0 Å². The van der Waals surface area contributed by atoms with Gasteiger partial charge in [0.2, 0.25) is 5.91 Å². The maximum absolute atomic E-state index is 11.4. The summed E-state index contributed by atoms with van der Waals surface area (Å²) in [5.74, 6) is -0.107. The topological polar surface area (TPSA) is 29.1 Å². The molecule has 2 rings (SSSR count). The van der Waals surface area contributed by atoms with Gasteiger partial charge in [-0.15, -0.1) is 0 Å². The van der Waals surface area contributed by atoms with Gasteiger partial charge in [0.25, 0.3) is 0 Å². The first-order valence-corrected chi connectivity index (χ1v) is 6.11. The molecule has 0 bridgehead atoms.